The van der Waals surface area contributed by atoms with Gasteiger partial charge in [-0.2, -0.15) is 0 Å². The lowest BCUT2D eigenvalue weighted by atomic mass is 10.0. The van der Waals surface area contributed by atoms with Gasteiger partial charge in [0.15, 0.2) is 11.9 Å². The number of oxime groups is 1. The third-order valence-electron chi connectivity index (χ3n) is 4.86. The van der Waals surface area contributed by atoms with Gasteiger partial charge in [0.05, 0.1) is 25.6 Å². The molecule has 0 saturated heterocycles. The van der Waals surface area contributed by atoms with Crippen molar-refractivity contribution in [3.8, 4) is 5.75 Å². The van der Waals surface area contributed by atoms with Gasteiger partial charge in [0.25, 0.3) is 5.91 Å². The molecular formula is C23H21FN2O4. The van der Waals surface area contributed by atoms with Crippen LogP contribution in [0, 0.1) is 5.82 Å². The molecule has 2 heterocycles. The van der Waals surface area contributed by atoms with E-state index in [0.29, 0.717) is 18.5 Å². The summed E-state index contributed by atoms with van der Waals surface area (Å²) in [4.78, 5) is 20.1. The molecule has 0 N–H and O–H groups in total. The smallest absolute Gasteiger partial charge is 0.289 e. The molecule has 2 aromatic carbocycles. The topological polar surface area (TPSA) is 64.3 Å². The standard InChI is InChI=1S/C23H21FN2O4/c1-28-19-9-7-17(8-10-19)21-13-20(30-25-21)15-26(23(27)22-6-3-11-29-22)14-16-4-2-5-18(24)12-16/h2-12,20H,13-15H2,1H3/t20-/m0/s1. The molecule has 7 heteroatoms. The normalized spacial score (nSPS) is 15.4. The van der Waals surface area contributed by atoms with E-state index in [-0.39, 0.29) is 30.1 Å². The van der Waals surface area contributed by atoms with Crippen molar-refractivity contribution < 1.29 is 23.2 Å². The van der Waals surface area contributed by atoms with E-state index in [2.05, 4.69) is 5.16 Å². The van der Waals surface area contributed by atoms with Crippen LogP contribution in [0.3, 0.4) is 0 Å². The lowest BCUT2D eigenvalue weighted by Gasteiger charge is -2.24. The van der Waals surface area contributed by atoms with Crippen molar-refractivity contribution in [2.45, 2.75) is 19.1 Å². The predicted octanol–water partition coefficient (Wildman–Crippen LogP) is 4.26. The first-order valence-corrected chi connectivity index (χ1v) is 9.56. The molecule has 1 aliphatic rings. The highest BCUT2D eigenvalue weighted by Crippen LogP contribution is 2.21. The molecule has 0 aliphatic carbocycles. The Morgan fingerprint density at radius 2 is 2.03 bits per heavy atom. The summed E-state index contributed by atoms with van der Waals surface area (Å²) < 4.78 is 24.1. The van der Waals surface area contributed by atoms with Crippen molar-refractivity contribution in [2.75, 3.05) is 13.7 Å². The minimum absolute atomic E-state index is 0.223. The second-order valence-corrected chi connectivity index (χ2v) is 6.99. The van der Waals surface area contributed by atoms with E-state index in [0.717, 1.165) is 17.0 Å². The van der Waals surface area contributed by atoms with E-state index in [1.807, 2.05) is 24.3 Å². The van der Waals surface area contributed by atoms with Crippen LogP contribution in [0.2, 0.25) is 0 Å². The Labute approximate surface area is 173 Å². The first-order chi connectivity index (χ1) is 14.6. The van der Waals surface area contributed by atoms with E-state index in [1.165, 1.54) is 18.4 Å². The van der Waals surface area contributed by atoms with Crippen LogP contribution in [0.25, 0.3) is 0 Å². The number of nitrogens with zero attached hydrogens (tertiary/aromatic N) is 2. The largest absolute Gasteiger partial charge is 0.497 e. The summed E-state index contributed by atoms with van der Waals surface area (Å²) in [6.07, 6.45) is 1.69. The van der Waals surface area contributed by atoms with Crippen LogP contribution in [0.1, 0.15) is 28.1 Å². The molecule has 0 bridgehead atoms. The zero-order valence-electron chi connectivity index (χ0n) is 16.5. The van der Waals surface area contributed by atoms with Crippen LogP contribution in [0.5, 0.6) is 5.75 Å². The maximum absolute atomic E-state index is 13.6. The highest BCUT2D eigenvalue weighted by Gasteiger charge is 2.28. The number of ether oxygens (including phenoxy) is 1. The summed E-state index contributed by atoms with van der Waals surface area (Å²) in [7, 11) is 1.62. The number of methoxy groups -OCH3 is 1. The maximum atomic E-state index is 13.6. The van der Waals surface area contributed by atoms with Gasteiger partial charge in [-0.15, -0.1) is 0 Å². The number of amides is 1. The lowest BCUT2D eigenvalue weighted by Crippen LogP contribution is -2.37. The van der Waals surface area contributed by atoms with E-state index in [9.17, 15) is 9.18 Å². The first kappa shape index (κ1) is 19.7. The third-order valence-corrected chi connectivity index (χ3v) is 4.86. The van der Waals surface area contributed by atoms with Gasteiger partial charge in [0.1, 0.15) is 11.6 Å². The average molecular weight is 408 g/mol. The van der Waals surface area contributed by atoms with Gasteiger partial charge < -0.3 is 18.9 Å². The first-order valence-electron chi connectivity index (χ1n) is 9.56. The monoisotopic (exact) mass is 408 g/mol. The lowest BCUT2D eigenvalue weighted by molar-refractivity contribution is 0.0387. The van der Waals surface area contributed by atoms with Gasteiger partial charge in [-0.3, -0.25) is 4.79 Å². The zero-order chi connectivity index (χ0) is 20.9. The summed E-state index contributed by atoms with van der Waals surface area (Å²) >= 11 is 0. The van der Waals surface area contributed by atoms with Gasteiger partial charge in [-0.1, -0.05) is 17.3 Å². The predicted molar refractivity (Wildman–Crippen MR) is 109 cm³/mol. The Morgan fingerprint density at radius 1 is 1.20 bits per heavy atom. The molecule has 0 unspecified atom stereocenters. The number of carbonyl (C=O) groups is 1. The van der Waals surface area contributed by atoms with Gasteiger partial charge in [-0.05, 0) is 59.7 Å². The molecule has 1 aliphatic heterocycles. The SMILES string of the molecule is COc1ccc(C2=NO[C@H](CN(Cc3cccc(F)c3)C(=O)c3ccco3)C2)cc1. The van der Waals surface area contributed by atoms with Crippen molar-refractivity contribution >= 4 is 11.6 Å². The minimum atomic E-state index is -0.347. The number of hydrogen-bond donors (Lipinski definition) is 0. The van der Waals surface area contributed by atoms with E-state index < -0.39 is 0 Å². The van der Waals surface area contributed by atoms with E-state index >= 15 is 0 Å². The summed E-state index contributed by atoms with van der Waals surface area (Å²) in [5.41, 5.74) is 2.43. The minimum Gasteiger partial charge on any atom is -0.497 e. The number of benzene rings is 2. The molecule has 154 valence electrons. The summed E-state index contributed by atoms with van der Waals surface area (Å²) in [5.74, 6) is 0.353. The Kier molecular flexibility index (Phi) is 5.79. The number of halogens is 1. The fraction of sp³-hybridized carbons (Fsp3) is 0.217. The molecule has 4 rings (SSSR count). The molecule has 1 aromatic heterocycles. The maximum Gasteiger partial charge on any atom is 0.289 e. The van der Waals surface area contributed by atoms with Crippen molar-refractivity contribution in [1.82, 2.24) is 4.90 Å². The number of furan rings is 1. The van der Waals surface area contributed by atoms with Crippen molar-refractivity contribution in [1.29, 1.82) is 0 Å². The highest BCUT2D eigenvalue weighted by atomic mass is 19.1. The van der Waals surface area contributed by atoms with Crippen LogP contribution < -0.4 is 4.74 Å². The number of carbonyl (C=O) groups excluding carboxylic acids is 1. The molecule has 1 atom stereocenters. The molecule has 0 spiro atoms. The molecule has 0 radical (unpaired) electrons. The average Bonchev–Trinajstić information content (AvgIpc) is 3.45. The second-order valence-electron chi connectivity index (χ2n) is 6.99. The summed E-state index contributed by atoms with van der Waals surface area (Å²) in [6.45, 7) is 0.522. The van der Waals surface area contributed by atoms with Crippen molar-refractivity contribution in [2.24, 2.45) is 5.16 Å². The molecule has 1 amide bonds. The van der Waals surface area contributed by atoms with Gasteiger partial charge >= 0.3 is 0 Å². The van der Waals surface area contributed by atoms with E-state index in [4.69, 9.17) is 14.0 Å². The molecule has 3 aromatic rings. The summed E-state index contributed by atoms with van der Waals surface area (Å²) in [6, 6.07) is 17.0. The summed E-state index contributed by atoms with van der Waals surface area (Å²) in [5, 5.41) is 4.19. The fourth-order valence-corrected chi connectivity index (χ4v) is 3.36. The van der Waals surface area contributed by atoms with Crippen LogP contribution in [-0.2, 0) is 11.4 Å². The number of hydrogen-bond acceptors (Lipinski definition) is 5. The Bertz CT molecular complexity index is 1030. The number of rotatable bonds is 7. The Hall–Kier alpha value is -3.61. The van der Waals surface area contributed by atoms with Crippen molar-refractivity contribution in [3.63, 3.8) is 0 Å². The fourth-order valence-electron chi connectivity index (χ4n) is 3.36. The third kappa shape index (κ3) is 4.51. The Morgan fingerprint density at radius 3 is 2.73 bits per heavy atom. The van der Waals surface area contributed by atoms with Crippen LogP contribution in [0.4, 0.5) is 4.39 Å². The Balaban J connectivity index is 1.47. The van der Waals surface area contributed by atoms with Crippen LogP contribution in [-0.4, -0.2) is 36.3 Å². The highest BCUT2D eigenvalue weighted by molar-refractivity contribution is 6.01. The molecule has 0 fully saturated rings. The van der Waals surface area contributed by atoms with E-state index in [1.54, 1.807) is 36.3 Å². The molecule has 30 heavy (non-hydrogen) atoms. The molecule has 6 nitrogen and oxygen atoms in total. The van der Waals surface area contributed by atoms with Gasteiger partial charge in [-0.25, -0.2) is 4.39 Å². The zero-order valence-corrected chi connectivity index (χ0v) is 16.5. The molecule has 0 saturated carbocycles. The van der Waals surface area contributed by atoms with Gasteiger partial charge in [0.2, 0.25) is 0 Å². The molecular weight excluding hydrogens is 387 g/mol. The second kappa shape index (κ2) is 8.82. The van der Waals surface area contributed by atoms with Crippen LogP contribution >= 0.6 is 0 Å². The van der Waals surface area contributed by atoms with Crippen molar-refractivity contribution in [3.05, 3.63) is 89.6 Å². The van der Waals surface area contributed by atoms with Gasteiger partial charge in [0, 0.05) is 13.0 Å². The van der Waals surface area contributed by atoms with Crippen LogP contribution in [0.15, 0.2) is 76.5 Å². The quantitative estimate of drug-likeness (QED) is 0.586.